The predicted molar refractivity (Wildman–Crippen MR) is 83.3 cm³/mol. The van der Waals surface area contributed by atoms with Crippen LogP contribution in [0.4, 0.5) is 5.69 Å². The summed E-state index contributed by atoms with van der Waals surface area (Å²) in [6.07, 6.45) is 0. The van der Waals surface area contributed by atoms with Gasteiger partial charge >= 0.3 is 39.9 Å². The van der Waals surface area contributed by atoms with Crippen molar-refractivity contribution in [2.45, 2.75) is 6.54 Å². The molecule has 25 heavy (non-hydrogen) atoms. The van der Waals surface area contributed by atoms with Gasteiger partial charge in [0.25, 0.3) is 0 Å². The van der Waals surface area contributed by atoms with Crippen LogP contribution < -0.4 is 5.32 Å². The Bertz CT molecular complexity index is 639. The normalized spacial score (nSPS) is 7.32. The van der Waals surface area contributed by atoms with E-state index in [-0.39, 0.29) is 23.3 Å². The number of methoxy groups -OCH3 is 1. The zero-order valence-electron chi connectivity index (χ0n) is 13.4. The van der Waals surface area contributed by atoms with E-state index >= 15 is 0 Å². The third-order valence-corrected chi connectivity index (χ3v) is 2.66. The number of esters is 1. The van der Waals surface area contributed by atoms with Gasteiger partial charge in [-0.25, -0.2) is 4.79 Å². The van der Waals surface area contributed by atoms with E-state index < -0.39 is 0 Å². The van der Waals surface area contributed by atoms with E-state index in [1.54, 1.807) is 6.07 Å². The number of anilines is 1. The first-order valence-electron chi connectivity index (χ1n) is 6.37. The van der Waals surface area contributed by atoms with Crippen LogP contribution in [0.25, 0.3) is 0 Å². The number of carbonyl (C=O) groups is 1. The molecule has 0 spiro atoms. The standard InChI is InChI=1S/C15H15NO2.3CO.Cr/c1-18-15(17)13-9-5-6-10-14(13)16-11-12-7-3-2-4-8-12;3*1-2;/h2-10,16H,11H2,1H3;;;;. The molecule has 0 amide bonds. The Hall–Kier alpha value is -2.54. The molecule has 6 nitrogen and oxygen atoms in total. The number of hydrogen-bond acceptors (Lipinski definition) is 3. The second-order valence-electron chi connectivity index (χ2n) is 3.88. The van der Waals surface area contributed by atoms with E-state index in [9.17, 15) is 4.79 Å². The summed E-state index contributed by atoms with van der Waals surface area (Å²) in [7, 11) is 1.39. The van der Waals surface area contributed by atoms with E-state index in [2.05, 4.69) is 25.3 Å². The number of ether oxygens (including phenoxy) is 1. The van der Waals surface area contributed by atoms with Crippen LogP contribution in [0, 0.1) is 20.0 Å². The average molecular weight is 377 g/mol. The molecule has 2 aromatic rings. The van der Waals surface area contributed by atoms with Crippen molar-refractivity contribution in [1.29, 1.82) is 0 Å². The van der Waals surface area contributed by atoms with Gasteiger partial charge in [-0.1, -0.05) is 42.5 Å². The molecular weight excluding hydrogens is 362 g/mol. The Morgan fingerprint density at radius 1 is 0.920 bits per heavy atom. The monoisotopic (exact) mass is 377 g/mol. The maximum Gasteiger partial charge on any atom is 0 e. The van der Waals surface area contributed by atoms with Crippen molar-refractivity contribution in [2.75, 3.05) is 12.4 Å². The van der Waals surface area contributed by atoms with Crippen molar-refractivity contribution < 1.29 is 40.8 Å². The minimum absolute atomic E-state index is 0. The predicted octanol–water partition coefficient (Wildman–Crippen LogP) is 2.97. The average Bonchev–Trinajstić information content (AvgIpc) is 2.71. The zero-order valence-corrected chi connectivity index (χ0v) is 14.6. The van der Waals surface area contributed by atoms with Gasteiger partial charge in [0.15, 0.2) is 0 Å². The molecule has 0 fully saturated rings. The fraction of sp³-hybridized carbons (Fsp3) is 0.111. The van der Waals surface area contributed by atoms with E-state index in [4.69, 9.17) is 18.7 Å². The molecular formula is C18H15CrNO5. The van der Waals surface area contributed by atoms with Crippen molar-refractivity contribution in [1.82, 2.24) is 0 Å². The molecule has 0 aliphatic rings. The summed E-state index contributed by atoms with van der Waals surface area (Å²) in [6, 6.07) is 17.4. The summed E-state index contributed by atoms with van der Waals surface area (Å²) in [6.45, 7) is 14.2. The van der Waals surface area contributed by atoms with Crippen molar-refractivity contribution >= 4 is 11.7 Å². The fourth-order valence-electron chi connectivity index (χ4n) is 1.72. The second kappa shape index (κ2) is 19.5. The third kappa shape index (κ3) is 10.8. The number of carbonyl (C=O) groups excluding carboxylic acids is 1. The molecule has 2 aromatic carbocycles. The van der Waals surface area contributed by atoms with Gasteiger partial charge in [0.2, 0.25) is 0 Å². The smallest absolute Gasteiger partial charge is 0 e. The Kier molecular flexibility index (Phi) is 21.3. The van der Waals surface area contributed by atoms with E-state index in [1.165, 1.54) is 7.11 Å². The molecule has 7 heteroatoms. The molecule has 0 saturated carbocycles. The first kappa shape index (κ1) is 27.3. The molecule has 2 rings (SSSR count). The van der Waals surface area contributed by atoms with Crippen LogP contribution in [0.15, 0.2) is 54.6 Å². The summed E-state index contributed by atoms with van der Waals surface area (Å²) in [5, 5.41) is 3.24. The number of hydrogen-bond donors (Lipinski definition) is 1. The maximum absolute atomic E-state index is 11.6. The van der Waals surface area contributed by atoms with Gasteiger partial charge in [-0.15, -0.1) is 0 Å². The Morgan fingerprint density at radius 2 is 1.40 bits per heavy atom. The summed E-state index contributed by atoms with van der Waals surface area (Å²) in [5.41, 5.74) is 2.50. The quantitative estimate of drug-likeness (QED) is 0.504. The van der Waals surface area contributed by atoms with Gasteiger partial charge in [0.05, 0.1) is 12.7 Å². The number of para-hydroxylation sites is 1. The van der Waals surface area contributed by atoms with E-state index in [0.717, 1.165) is 11.3 Å². The fourth-order valence-corrected chi connectivity index (χ4v) is 1.72. The molecule has 0 aliphatic carbocycles. The van der Waals surface area contributed by atoms with Crippen LogP contribution in [-0.4, -0.2) is 13.1 Å². The van der Waals surface area contributed by atoms with Gasteiger partial charge in [-0.3, -0.25) is 0 Å². The van der Waals surface area contributed by atoms with Crippen molar-refractivity contribution in [2.24, 2.45) is 0 Å². The van der Waals surface area contributed by atoms with Gasteiger partial charge in [0, 0.05) is 29.6 Å². The summed E-state index contributed by atoms with van der Waals surface area (Å²) >= 11 is 0. The van der Waals surface area contributed by atoms with Crippen LogP contribution in [0.2, 0.25) is 0 Å². The number of nitrogens with one attached hydrogen (secondary N) is 1. The Labute approximate surface area is 157 Å². The summed E-state index contributed by atoms with van der Waals surface area (Å²) in [5.74, 6) is -0.328. The van der Waals surface area contributed by atoms with Crippen LogP contribution in [0.1, 0.15) is 15.9 Å². The van der Waals surface area contributed by atoms with Crippen LogP contribution in [0.3, 0.4) is 0 Å². The largest absolute Gasteiger partial charge is 0 e. The van der Waals surface area contributed by atoms with Crippen molar-refractivity contribution in [3.05, 3.63) is 85.7 Å². The molecule has 0 bridgehead atoms. The summed E-state index contributed by atoms with van der Waals surface area (Å²) < 4.78 is 27.3. The SMILES string of the molecule is COC(=O)c1ccccc1NCc1ccccc1.[C-]#[O+].[C-]#[O+].[C-]#[O+].[Cr]. The molecule has 0 aliphatic heterocycles. The Morgan fingerprint density at radius 3 is 1.92 bits per heavy atom. The molecule has 128 valence electrons. The third-order valence-electron chi connectivity index (χ3n) is 2.66. The van der Waals surface area contributed by atoms with E-state index in [1.807, 2.05) is 48.5 Å². The first-order chi connectivity index (χ1) is 11.8. The van der Waals surface area contributed by atoms with Gasteiger partial charge < -0.3 is 10.1 Å². The van der Waals surface area contributed by atoms with Gasteiger partial charge in [-0.2, -0.15) is 0 Å². The first-order valence-corrected chi connectivity index (χ1v) is 6.37. The minimum atomic E-state index is -0.328. The molecule has 0 saturated heterocycles. The van der Waals surface area contributed by atoms with Crippen LogP contribution >= 0.6 is 0 Å². The second-order valence-corrected chi connectivity index (χ2v) is 3.88. The number of benzene rings is 2. The molecule has 1 N–H and O–H groups in total. The van der Waals surface area contributed by atoms with Crippen molar-refractivity contribution in [3.8, 4) is 0 Å². The molecule has 0 atom stereocenters. The van der Waals surface area contributed by atoms with Gasteiger partial charge in [-0.05, 0) is 17.7 Å². The summed E-state index contributed by atoms with van der Waals surface area (Å²) in [4.78, 5) is 11.6. The van der Waals surface area contributed by atoms with Crippen LogP contribution in [0.5, 0.6) is 0 Å². The zero-order chi connectivity index (χ0) is 18.8. The van der Waals surface area contributed by atoms with E-state index in [0.29, 0.717) is 12.1 Å². The molecule has 0 heterocycles. The topological polar surface area (TPSA) is 98.0 Å². The molecule has 0 radical (unpaired) electrons. The molecule has 0 unspecified atom stereocenters. The minimum Gasteiger partial charge on any atom is 0 e. The number of rotatable bonds is 4. The maximum atomic E-state index is 11.6. The van der Waals surface area contributed by atoms with Gasteiger partial charge in [0.1, 0.15) is 0 Å². The van der Waals surface area contributed by atoms with Crippen LogP contribution in [-0.2, 0) is 42.6 Å². The Balaban J connectivity index is -0.000000626. The molecule has 0 aromatic heterocycles. The van der Waals surface area contributed by atoms with Crippen molar-refractivity contribution in [3.63, 3.8) is 0 Å².